The van der Waals surface area contributed by atoms with Crippen molar-refractivity contribution in [1.82, 2.24) is 0 Å². The first-order valence-corrected chi connectivity index (χ1v) is 7.05. The zero-order valence-electron chi connectivity index (χ0n) is 10.1. The second-order valence-corrected chi connectivity index (χ2v) is 6.39. The Morgan fingerprint density at radius 2 is 1.65 bits per heavy atom. The molecule has 86 valence electrons. The Balaban J connectivity index is 2.31. The zero-order valence-corrected chi connectivity index (χ0v) is 12.3. The summed E-state index contributed by atoms with van der Waals surface area (Å²) in [4.78, 5) is 0. The molecule has 0 aromatic heterocycles. The number of hydrogen-bond acceptors (Lipinski definition) is 0. The minimum Gasteiger partial charge on any atom is -0.0620 e. The molecule has 1 aliphatic carbocycles. The van der Waals surface area contributed by atoms with Crippen molar-refractivity contribution >= 4 is 22.6 Å². The number of benzene rings is 2. The van der Waals surface area contributed by atoms with Gasteiger partial charge in [0.05, 0.1) is 0 Å². The van der Waals surface area contributed by atoms with Gasteiger partial charge in [-0.15, -0.1) is 0 Å². The van der Waals surface area contributed by atoms with Crippen molar-refractivity contribution in [2.75, 3.05) is 0 Å². The molecule has 1 heteroatoms. The lowest BCUT2D eigenvalue weighted by Gasteiger charge is -2.35. The van der Waals surface area contributed by atoms with E-state index in [-0.39, 0.29) is 5.41 Å². The van der Waals surface area contributed by atoms with Crippen LogP contribution in [0, 0.1) is 3.57 Å². The molecule has 0 aliphatic heterocycles. The van der Waals surface area contributed by atoms with Gasteiger partial charge in [0.1, 0.15) is 0 Å². The van der Waals surface area contributed by atoms with E-state index in [2.05, 4.69) is 78.9 Å². The van der Waals surface area contributed by atoms with E-state index in [0.29, 0.717) is 0 Å². The predicted molar refractivity (Wildman–Crippen MR) is 80.5 cm³/mol. The van der Waals surface area contributed by atoms with E-state index in [1.807, 2.05) is 0 Å². The number of fused-ring (bicyclic) bond motifs is 2. The summed E-state index contributed by atoms with van der Waals surface area (Å²) in [5.41, 5.74) is 6.09. The Bertz CT molecular complexity index is 582. The minimum atomic E-state index is 0.130. The summed E-state index contributed by atoms with van der Waals surface area (Å²) in [6.07, 6.45) is 1.08. The summed E-state index contributed by atoms with van der Waals surface area (Å²) in [7, 11) is 0. The maximum atomic E-state index is 2.46. The van der Waals surface area contributed by atoms with E-state index in [4.69, 9.17) is 0 Å². The van der Waals surface area contributed by atoms with Gasteiger partial charge < -0.3 is 0 Å². The molecule has 0 bridgehead atoms. The average Bonchev–Trinajstić information content (AvgIpc) is 2.31. The molecule has 3 rings (SSSR count). The van der Waals surface area contributed by atoms with Crippen LogP contribution in [0.5, 0.6) is 0 Å². The first-order chi connectivity index (χ1) is 8.10. The molecule has 0 fully saturated rings. The highest BCUT2D eigenvalue weighted by Crippen LogP contribution is 2.42. The van der Waals surface area contributed by atoms with Crippen molar-refractivity contribution in [2.24, 2.45) is 0 Å². The Hall–Kier alpha value is -0.830. The highest BCUT2D eigenvalue weighted by Gasteiger charge is 2.32. The Kier molecular flexibility index (Phi) is 2.54. The average molecular weight is 334 g/mol. The molecule has 2 aromatic rings. The largest absolute Gasteiger partial charge is 0.0620 e. The van der Waals surface area contributed by atoms with Gasteiger partial charge in [0, 0.05) is 8.99 Å². The van der Waals surface area contributed by atoms with Crippen LogP contribution in [0.1, 0.15) is 36.1 Å². The van der Waals surface area contributed by atoms with Gasteiger partial charge in [0.25, 0.3) is 0 Å². The molecule has 2 aromatic carbocycles. The fourth-order valence-corrected chi connectivity index (χ4v) is 3.63. The maximum absolute atomic E-state index is 2.46. The van der Waals surface area contributed by atoms with E-state index < -0.39 is 0 Å². The molecule has 0 heterocycles. The summed E-state index contributed by atoms with van der Waals surface area (Å²) in [6, 6.07) is 15.5. The van der Waals surface area contributed by atoms with Gasteiger partial charge in [-0.3, -0.25) is 0 Å². The fourth-order valence-electron chi connectivity index (χ4n) is 2.94. The van der Waals surface area contributed by atoms with Crippen molar-refractivity contribution in [3.63, 3.8) is 0 Å². The van der Waals surface area contributed by atoms with Crippen LogP contribution in [-0.4, -0.2) is 0 Å². The van der Waals surface area contributed by atoms with Crippen LogP contribution in [0.2, 0.25) is 0 Å². The molecule has 0 unspecified atom stereocenters. The van der Waals surface area contributed by atoms with Crippen molar-refractivity contribution in [2.45, 2.75) is 25.7 Å². The monoisotopic (exact) mass is 334 g/mol. The van der Waals surface area contributed by atoms with Crippen LogP contribution in [0.3, 0.4) is 0 Å². The lowest BCUT2D eigenvalue weighted by atomic mass is 9.69. The van der Waals surface area contributed by atoms with Gasteiger partial charge in [-0.05, 0) is 57.3 Å². The second-order valence-electron chi connectivity index (χ2n) is 5.22. The molecule has 0 atom stereocenters. The fraction of sp³-hybridized carbons (Fsp3) is 0.250. The third-order valence-electron chi connectivity index (χ3n) is 3.85. The summed E-state index contributed by atoms with van der Waals surface area (Å²) >= 11 is 2.46. The molecule has 0 saturated heterocycles. The standard InChI is InChI=1S/C16H15I/c1-16(2)13-7-4-3-6-11(13)10-12-14(16)8-5-9-15(12)17/h3-9H,10H2,1-2H3. The smallest absolute Gasteiger partial charge is 0.0168 e. The van der Waals surface area contributed by atoms with Crippen LogP contribution in [0.4, 0.5) is 0 Å². The van der Waals surface area contributed by atoms with E-state index in [9.17, 15) is 0 Å². The summed E-state index contributed by atoms with van der Waals surface area (Å²) < 4.78 is 1.39. The highest BCUT2D eigenvalue weighted by atomic mass is 127. The van der Waals surface area contributed by atoms with Crippen LogP contribution in [0.25, 0.3) is 0 Å². The summed E-state index contributed by atoms with van der Waals surface area (Å²) in [5, 5.41) is 0. The number of rotatable bonds is 0. The van der Waals surface area contributed by atoms with Crippen molar-refractivity contribution in [3.05, 3.63) is 68.3 Å². The first kappa shape index (κ1) is 11.3. The third-order valence-corrected chi connectivity index (χ3v) is 4.86. The van der Waals surface area contributed by atoms with Crippen LogP contribution < -0.4 is 0 Å². The molecule has 0 saturated carbocycles. The molecule has 0 nitrogen and oxygen atoms in total. The molecular weight excluding hydrogens is 319 g/mol. The first-order valence-electron chi connectivity index (χ1n) is 5.97. The molecule has 0 radical (unpaired) electrons. The predicted octanol–water partition coefficient (Wildman–Crippen LogP) is 4.52. The molecule has 17 heavy (non-hydrogen) atoms. The maximum Gasteiger partial charge on any atom is 0.0168 e. The van der Waals surface area contributed by atoms with Crippen molar-refractivity contribution in [3.8, 4) is 0 Å². The SMILES string of the molecule is CC1(C)c2ccccc2Cc2c(I)cccc21. The summed E-state index contributed by atoms with van der Waals surface area (Å²) in [6.45, 7) is 4.67. The lowest BCUT2D eigenvalue weighted by Crippen LogP contribution is -2.27. The molecule has 0 spiro atoms. The van der Waals surface area contributed by atoms with Gasteiger partial charge in [0.2, 0.25) is 0 Å². The van der Waals surface area contributed by atoms with Gasteiger partial charge >= 0.3 is 0 Å². The van der Waals surface area contributed by atoms with Crippen LogP contribution >= 0.6 is 22.6 Å². The quantitative estimate of drug-likeness (QED) is 0.622. The van der Waals surface area contributed by atoms with E-state index >= 15 is 0 Å². The Morgan fingerprint density at radius 1 is 0.941 bits per heavy atom. The minimum absolute atomic E-state index is 0.130. The van der Waals surface area contributed by atoms with Crippen molar-refractivity contribution in [1.29, 1.82) is 0 Å². The zero-order chi connectivity index (χ0) is 12.0. The van der Waals surface area contributed by atoms with Gasteiger partial charge in [0.15, 0.2) is 0 Å². The Morgan fingerprint density at radius 3 is 2.47 bits per heavy atom. The lowest BCUT2D eigenvalue weighted by molar-refractivity contribution is 0.609. The van der Waals surface area contributed by atoms with Gasteiger partial charge in [-0.2, -0.15) is 0 Å². The van der Waals surface area contributed by atoms with Gasteiger partial charge in [-0.1, -0.05) is 50.2 Å². The molecule has 0 N–H and O–H groups in total. The van der Waals surface area contributed by atoms with Crippen LogP contribution in [0.15, 0.2) is 42.5 Å². The topological polar surface area (TPSA) is 0 Å². The molecular formula is C16H15I. The normalized spacial score (nSPS) is 16.2. The van der Waals surface area contributed by atoms with Crippen molar-refractivity contribution < 1.29 is 0 Å². The number of halogens is 1. The van der Waals surface area contributed by atoms with Gasteiger partial charge in [-0.25, -0.2) is 0 Å². The molecule has 0 amide bonds. The third kappa shape index (κ3) is 1.63. The summed E-state index contributed by atoms with van der Waals surface area (Å²) in [5.74, 6) is 0. The molecule has 1 aliphatic rings. The number of hydrogen-bond donors (Lipinski definition) is 0. The highest BCUT2D eigenvalue weighted by molar-refractivity contribution is 14.1. The Labute approximate surface area is 116 Å². The second kappa shape index (κ2) is 3.84. The van der Waals surface area contributed by atoms with E-state index in [1.54, 1.807) is 0 Å². The van der Waals surface area contributed by atoms with E-state index in [0.717, 1.165) is 6.42 Å². The van der Waals surface area contributed by atoms with Crippen LogP contribution in [-0.2, 0) is 11.8 Å². The van der Waals surface area contributed by atoms with E-state index in [1.165, 1.54) is 25.8 Å².